The third kappa shape index (κ3) is 5.79. The quantitative estimate of drug-likeness (QED) is 0.416. The van der Waals surface area contributed by atoms with Gasteiger partial charge in [-0.2, -0.15) is 5.26 Å². The predicted molar refractivity (Wildman–Crippen MR) is 155 cm³/mol. The molecule has 0 radical (unpaired) electrons. The predicted octanol–water partition coefficient (Wildman–Crippen LogP) is 4.02. The van der Waals surface area contributed by atoms with Crippen LogP contribution in [-0.4, -0.2) is 87.2 Å². The summed E-state index contributed by atoms with van der Waals surface area (Å²) >= 11 is 1.52. The number of ether oxygens (including phenoxy) is 3. The number of likely N-dealkylation sites (tertiary alicyclic amines) is 1. The molecule has 214 valence electrons. The van der Waals surface area contributed by atoms with Crippen molar-refractivity contribution >= 4 is 28.8 Å². The molecule has 5 rings (SSSR count). The fraction of sp³-hybridized carbons (Fsp3) is 0.400. The van der Waals surface area contributed by atoms with Crippen molar-refractivity contribution in [1.82, 2.24) is 14.8 Å². The van der Waals surface area contributed by atoms with Crippen molar-refractivity contribution in [3.63, 3.8) is 0 Å². The lowest BCUT2D eigenvalue weighted by Gasteiger charge is -2.35. The molecule has 3 aromatic rings. The molecule has 0 unspecified atom stereocenters. The Morgan fingerprint density at radius 3 is 2.12 bits per heavy atom. The summed E-state index contributed by atoms with van der Waals surface area (Å²) in [5.41, 5.74) is 2.62. The number of hydrogen-bond donors (Lipinski definition) is 0. The van der Waals surface area contributed by atoms with Gasteiger partial charge in [0.2, 0.25) is 5.75 Å². The van der Waals surface area contributed by atoms with E-state index >= 15 is 0 Å². The average molecular weight is 576 g/mol. The SMILES string of the molecule is COc1ccc(C(=O)N2CCC(c3nc(C(=O)N4CCN(c5ccc(C#N)cc5)CC4)cs3)CC2)c(OC)c1OC. The topological polar surface area (TPSA) is 108 Å². The number of nitrogens with zero attached hydrogens (tertiary/aromatic N) is 5. The molecule has 2 aromatic carbocycles. The van der Waals surface area contributed by atoms with Gasteiger partial charge in [0.25, 0.3) is 11.8 Å². The lowest BCUT2D eigenvalue weighted by atomic mass is 9.96. The number of thiazole rings is 1. The molecule has 2 aliphatic heterocycles. The van der Waals surface area contributed by atoms with Crippen LogP contribution >= 0.6 is 11.3 Å². The van der Waals surface area contributed by atoms with Crippen molar-refractivity contribution in [2.75, 3.05) is 65.5 Å². The van der Waals surface area contributed by atoms with E-state index in [1.165, 1.54) is 25.6 Å². The van der Waals surface area contributed by atoms with Crippen molar-refractivity contribution < 1.29 is 23.8 Å². The molecule has 0 bridgehead atoms. The Hall–Kier alpha value is -4.30. The van der Waals surface area contributed by atoms with Gasteiger partial charge in [-0.25, -0.2) is 4.98 Å². The molecule has 0 atom stereocenters. The molecule has 41 heavy (non-hydrogen) atoms. The van der Waals surface area contributed by atoms with Crippen LogP contribution in [0.4, 0.5) is 5.69 Å². The summed E-state index contributed by atoms with van der Waals surface area (Å²) in [7, 11) is 4.57. The van der Waals surface area contributed by atoms with Gasteiger partial charge in [0.05, 0.1) is 43.5 Å². The molecule has 0 N–H and O–H groups in total. The van der Waals surface area contributed by atoms with Crippen molar-refractivity contribution in [3.8, 4) is 23.3 Å². The van der Waals surface area contributed by atoms with Gasteiger partial charge >= 0.3 is 0 Å². The van der Waals surface area contributed by atoms with Crippen LogP contribution in [0.1, 0.15) is 50.2 Å². The number of anilines is 1. The molecule has 0 saturated carbocycles. The van der Waals surface area contributed by atoms with E-state index in [4.69, 9.17) is 24.5 Å². The standard InChI is InChI=1S/C30H33N5O5S/c1-38-25-9-8-23(26(39-2)27(25)40-3)29(36)34-12-10-21(11-13-34)28-32-24(19-41-28)30(37)35-16-14-33(15-17-35)22-6-4-20(18-31)5-7-22/h4-9,19,21H,10-17H2,1-3H3. The number of carbonyl (C=O) groups is 2. The lowest BCUT2D eigenvalue weighted by molar-refractivity contribution is 0.0708. The van der Waals surface area contributed by atoms with Gasteiger partial charge in [-0.1, -0.05) is 0 Å². The van der Waals surface area contributed by atoms with Crippen LogP contribution < -0.4 is 19.1 Å². The van der Waals surface area contributed by atoms with E-state index in [1.54, 1.807) is 19.2 Å². The highest BCUT2D eigenvalue weighted by Gasteiger charge is 2.31. The zero-order chi connectivity index (χ0) is 28.9. The van der Waals surface area contributed by atoms with Gasteiger partial charge in [0, 0.05) is 56.3 Å². The fourth-order valence-electron chi connectivity index (χ4n) is 5.42. The highest BCUT2D eigenvalue weighted by molar-refractivity contribution is 7.09. The molecule has 0 spiro atoms. The zero-order valence-electron chi connectivity index (χ0n) is 23.5. The first-order valence-corrected chi connectivity index (χ1v) is 14.4. The number of methoxy groups -OCH3 is 3. The number of nitriles is 1. The van der Waals surface area contributed by atoms with Crippen molar-refractivity contribution in [2.45, 2.75) is 18.8 Å². The normalized spacial score (nSPS) is 15.8. The Morgan fingerprint density at radius 1 is 0.854 bits per heavy atom. The number of hydrogen-bond acceptors (Lipinski definition) is 9. The van der Waals surface area contributed by atoms with E-state index in [9.17, 15) is 9.59 Å². The number of piperazine rings is 1. The van der Waals surface area contributed by atoms with Crippen LogP contribution in [0.2, 0.25) is 0 Å². The number of aromatic nitrogens is 1. The fourth-order valence-corrected chi connectivity index (χ4v) is 6.38. The largest absolute Gasteiger partial charge is 0.493 e. The second-order valence-corrected chi connectivity index (χ2v) is 10.8. The molecule has 0 aliphatic carbocycles. The summed E-state index contributed by atoms with van der Waals surface area (Å²) in [4.78, 5) is 37.2. The minimum absolute atomic E-state index is 0.0415. The van der Waals surface area contributed by atoms with Crippen LogP contribution in [0.3, 0.4) is 0 Å². The number of carbonyl (C=O) groups excluding carboxylic acids is 2. The summed E-state index contributed by atoms with van der Waals surface area (Å²) < 4.78 is 16.3. The van der Waals surface area contributed by atoms with Crippen LogP contribution in [0.25, 0.3) is 0 Å². The number of amides is 2. The molecule has 11 heteroatoms. The summed E-state index contributed by atoms with van der Waals surface area (Å²) in [6.45, 7) is 3.86. The summed E-state index contributed by atoms with van der Waals surface area (Å²) in [6, 6.07) is 13.1. The zero-order valence-corrected chi connectivity index (χ0v) is 24.3. The van der Waals surface area contributed by atoms with Gasteiger partial charge in [-0.05, 0) is 49.2 Å². The van der Waals surface area contributed by atoms with E-state index in [0.717, 1.165) is 36.6 Å². The summed E-state index contributed by atoms with van der Waals surface area (Å²) in [6.07, 6.45) is 1.54. The molecule has 3 heterocycles. The van der Waals surface area contributed by atoms with Gasteiger partial charge in [-0.3, -0.25) is 9.59 Å². The molecule has 1 aromatic heterocycles. The Balaban J connectivity index is 1.16. The summed E-state index contributed by atoms with van der Waals surface area (Å²) in [5.74, 6) is 1.30. The Kier molecular flexibility index (Phi) is 8.59. The maximum absolute atomic E-state index is 13.4. The summed E-state index contributed by atoms with van der Waals surface area (Å²) in [5, 5.41) is 11.8. The Morgan fingerprint density at radius 2 is 1.51 bits per heavy atom. The first-order valence-electron chi connectivity index (χ1n) is 13.6. The van der Waals surface area contributed by atoms with Crippen molar-refractivity contribution in [2.24, 2.45) is 0 Å². The van der Waals surface area contributed by atoms with Crippen molar-refractivity contribution in [3.05, 3.63) is 63.6 Å². The average Bonchev–Trinajstić information content (AvgIpc) is 3.54. The van der Waals surface area contributed by atoms with E-state index in [0.29, 0.717) is 60.2 Å². The van der Waals surface area contributed by atoms with Gasteiger partial charge in [0.1, 0.15) is 5.69 Å². The van der Waals surface area contributed by atoms with Gasteiger partial charge in [0.15, 0.2) is 11.5 Å². The lowest BCUT2D eigenvalue weighted by Crippen LogP contribution is -2.48. The number of rotatable bonds is 7. The minimum Gasteiger partial charge on any atom is -0.493 e. The van der Waals surface area contributed by atoms with Crippen LogP contribution in [-0.2, 0) is 0 Å². The molecule has 2 amide bonds. The second kappa shape index (κ2) is 12.5. The maximum atomic E-state index is 13.4. The van der Waals surface area contributed by atoms with Crippen LogP contribution in [0.15, 0.2) is 41.8 Å². The highest BCUT2D eigenvalue weighted by Crippen LogP contribution is 2.41. The van der Waals surface area contributed by atoms with Crippen LogP contribution in [0.5, 0.6) is 17.2 Å². The van der Waals surface area contributed by atoms with E-state index < -0.39 is 0 Å². The monoisotopic (exact) mass is 575 g/mol. The van der Waals surface area contributed by atoms with Gasteiger partial charge in [-0.15, -0.1) is 11.3 Å². The first kappa shape index (κ1) is 28.2. The smallest absolute Gasteiger partial charge is 0.273 e. The first-order chi connectivity index (χ1) is 20.0. The third-order valence-corrected chi connectivity index (χ3v) is 8.74. The molecular formula is C30H33N5O5S. The molecule has 10 nitrogen and oxygen atoms in total. The molecule has 2 aliphatic rings. The maximum Gasteiger partial charge on any atom is 0.273 e. The number of piperidine rings is 1. The molecule has 2 fully saturated rings. The van der Waals surface area contributed by atoms with Gasteiger partial charge < -0.3 is 28.9 Å². The number of benzene rings is 2. The second-order valence-electron chi connectivity index (χ2n) is 9.96. The van der Waals surface area contributed by atoms with Crippen molar-refractivity contribution in [1.29, 1.82) is 5.26 Å². The minimum atomic E-state index is -0.114. The van der Waals surface area contributed by atoms with E-state index in [-0.39, 0.29) is 17.7 Å². The van der Waals surface area contributed by atoms with E-state index in [2.05, 4.69) is 11.0 Å². The molecule has 2 saturated heterocycles. The third-order valence-electron chi connectivity index (χ3n) is 7.74. The highest BCUT2D eigenvalue weighted by atomic mass is 32.1. The molecular weight excluding hydrogens is 542 g/mol. The Labute approximate surface area is 243 Å². The van der Waals surface area contributed by atoms with Crippen LogP contribution in [0, 0.1) is 11.3 Å². The Bertz CT molecular complexity index is 1430. The van der Waals surface area contributed by atoms with E-state index in [1.807, 2.05) is 39.4 Å².